The Morgan fingerprint density at radius 1 is 1.30 bits per heavy atom. The molecule has 20 heavy (non-hydrogen) atoms. The monoisotopic (exact) mass is 297 g/mol. The zero-order valence-corrected chi connectivity index (χ0v) is 13.2. The molecule has 0 unspecified atom stereocenters. The van der Waals surface area contributed by atoms with Crippen molar-refractivity contribution in [3.8, 4) is 0 Å². The molecule has 0 amide bonds. The molecule has 1 aromatic rings. The third kappa shape index (κ3) is 2.90. The van der Waals surface area contributed by atoms with Crippen molar-refractivity contribution >= 4 is 10.0 Å². The van der Waals surface area contributed by atoms with Gasteiger partial charge in [0.1, 0.15) is 0 Å². The van der Waals surface area contributed by atoms with Gasteiger partial charge in [0.2, 0.25) is 10.0 Å². The molecule has 0 spiro atoms. The molecule has 5 heteroatoms. The Morgan fingerprint density at radius 2 is 1.95 bits per heavy atom. The first kappa shape index (κ1) is 15.5. The van der Waals surface area contributed by atoms with Crippen molar-refractivity contribution in [2.75, 3.05) is 6.54 Å². The molecule has 0 atom stereocenters. The van der Waals surface area contributed by atoms with Crippen molar-refractivity contribution in [1.29, 1.82) is 0 Å². The second-order valence-electron chi connectivity index (χ2n) is 5.54. The van der Waals surface area contributed by atoms with Gasteiger partial charge in [0, 0.05) is 12.6 Å². The Morgan fingerprint density at radius 3 is 2.45 bits per heavy atom. The van der Waals surface area contributed by atoms with Crippen LogP contribution in [0.2, 0.25) is 0 Å². The molecule has 0 aromatic heterocycles. The van der Waals surface area contributed by atoms with E-state index in [-0.39, 0.29) is 12.6 Å². The third-order valence-electron chi connectivity index (χ3n) is 3.85. The van der Waals surface area contributed by atoms with E-state index in [2.05, 4.69) is 0 Å². The van der Waals surface area contributed by atoms with Gasteiger partial charge in [0.05, 0.1) is 11.5 Å². The number of aryl methyl sites for hydroxylation is 1. The fraction of sp³-hybridized carbons (Fsp3) is 0.600. The second-order valence-corrected chi connectivity index (χ2v) is 7.40. The average molecular weight is 297 g/mol. The van der Waals surface area contributed by atoms with Crippen LogP contribution in [0, 0.1) is 13.8 Å². The Balaban J connectivity index is 2.49. The predicted molar refractivity (Wildman–Crippen MR) is 79.0 cm³/mol. The average Bonchev–Trinajstić information content (AvgIpc) is 3.22. The predicted octanol–water partition coefficient (Wildman–Crippen LogP) is 2.36. The standard InChI is InChI=1S/C15H23NO3S/c1-4-7-16(14-5-6-14)20(18,19)15-9-13(10-17)8-11(2)12(15)3/h8-9,14,17H,4-7,10H2,1-3H3. The van der Waals surface area contributed by atoms with E-state index in [0.717, 1.165) is 30.4 Å². The third-order valence-corrected chi connectivity index (χ3v) is 5.92. The molecule has 112 valence electrons. The lowest BCUT2D eigenvalue weighted by Gasteiger charge is -2.23. The Kier molecular flexibility index (Phi) is 4.52. The van der Waals surface area contributed by atoms with Crippen LogP contribution in [0.25, 0.3) is 0 Å². The van der Waals surface area contributed by atoms with Gasteiger partial charge in [-0.1, -0.05) is 13.0 Å². The van der Waals surface area contributed by atoms with Gasteiger partial charge in [0.15, 0.2) is 0 Å². The minimum absolute atomic E-state index is 0.138. The van der Waals surface area contributed by atoms with Gasteiger partial charge in [-0.15, -0.1) is 0 Å². The van der Waals surface area contributed by atoms with Gasteiger partial charge < -0.3 is 5.11 Å². The number of nitrogens with zero attached hydrogens (tertiary/aromatic N) is 1. The summed E-state index contributed by atoms with van der Waals surface area (Å²) in [5.74, 6) is 0. The van der Waals surface area contributed by atoms with Crippen molar-refractivity contribution in [3.05, 3.63) is 28.8 Å². The van der Waals surface area contributed by atoms with Crippen molar-refractivity contribution in [2.24, 2.45) is 0 Å². The number of hydrogen-bond acceptors (Lipinski definition) is 3. The van der Waals surface area contributed by atoms with Gasteiger partial charge in [-0.3, -0.25) is 0 Å². The fourth-order valence-corrected chi connectivity index (χ4v) is 4.59. The molecule has 1 aliphatic carbocycles. The van der Waals surface area contributed by atoms with Crippen LogP contribution in [-0.4, -0.2) is 30.4 Å². The van der Waals surface area contributed by atoms with E-state index < -0.39 is 10.0 Å². The summed E-state index contributed by atoms with van der Waals surface area (Å²) in [7, 11) is -3.46. The van der Waals surface area contributed by atoms with E-state index in [1.54, 1.807) is 10.4 Å². The van der Waals surface area contributed by atoms with E-state index in [1.807, 2.05) is 26.8 Å². The smallest absolute Gasteiger partial charge is 0.243 e. The molecule has 0 saturated heterocycles. The van der Waals surface area contributed by atoms with Crippen LogP contribution in [0.3, 0.4) is 0 Å². The van der Waals surface area contributed by atoms with Crippen LogP contribution in [0.15, 0.2) is 17.0 Å². The maximum absolute atomic E-state index is 12.9. The lowest BCUT2D eigenvalue weighted by Crippen LogP contribution is -2.34. The first-order chi connectivity index (χ1) is 9.41. The zero-order chi connectivity index (χ0) is 14.9. The lowest BCUT2D eigenvalue weighted by molar-refractivity contribution is 0.281. The van der Waals surface area contributed by atoms with Crippen LogP contribution >= 0.6 is 0 Å². The maximum atomic E-state index is 12.9. The first-order valence-corrected chi connectivity index (χ1v) is 8.58. The van der Waals surface area contributed by atoms with Gasteiger partial charge in [-0.05, 0) is 55.9 Å². The molecule has 2 rings (SSSR count). The van der Waals surface area contributed by atoms with Crippen LogP contribution < -0.4 is 0 Å². The summed E-state index contributed by atoms with van der Waals surface area (Å²) in [5.41, 5.74) is 2.34. The Labute approximate surface area is 121 Å². The van der Waals surface area contributed by atoms with Crippen molar-refractivity contribution in [3.63, 3.8) is 0 Å². The topological polar surface area (TPSA) is 57.6 Å². The van der Waals surface area contributed by atoms with Crippen molar-refractivity contribution in [1.82, 2.24) is 4.31 Å². The van der Waals surface area contributed by atoms with Gasteiger partial charge in [-0.25, -0.2) is 8.42 Å². The number of aliphatic hydroxyl groups excluding tert-OH is 1. The molecule has 0 aliphatic heterocycles. The quantitative estimate of drug-likeness (QED) is 0.877. The molecule has 4 nitrogen and oxygen atoms in total. The van der Waals surface area contributed by atoms with E-state index >= 15 is 0 Å². The van der Waals surface area contributed by atoms with Crippen molar-refractivity contribution < 1.29 is 13.5 Å². The summed E-state index contributed by atoms with van der Waals surface area (Å²) < 4.78 is 27.4. The van der Waals surface area contributed by atoms with E-state index in [4.69, 9.17) is 0 Å². The summed E-state index contributed by atoms with van der Waals surface area (Å²) in [4.78, 5) is 0.349. The van der Waals surface area contributed by atoms with Gasteiger partial charge in [-0.2, -0.15) is 4.31 Å². The molecular formula is C15H23NO3S. The Hall–Kier alpha value is -0.910. The number of rotatable bonds is 6. The van der Waals surface area contributed by atoms with E-state index in [0.29, 0.717) is 17.0 Å². The number of sulfonamides is 1. The minimum Gasteiger partial charge on any atom is -0.392 e. The van der Waals surface area contributed by atoms with Crippen LogP contribution in [0.5, 0.6) is 0 Å². The van der Waals surface area contributed by atoms with Crippen LogP contribution in [0.1, 0.15) is 42.9 Å². The molecule has 0 radical (unpaired) electrons. The fourth-order valence-electron chi connectivity index (χ4n) is 2.47. The highest BCUT2D eigenvalue weighted by Crippen LogP contribution is 2.34. The number of benzene rings is 1. The molecule has 1 aromatic carbocycles. The first-order valence-electron chi connectivity index (χ1n) is 7.14. The largest absolute Gasteiger partial charge is 0.392 e. The normalized spacial score (nSPS) is 15.8. The van der Waals surface area contributed by atoms with Gasteiger partial charge >= 0.3 is 0 Å². The minimum atomic E-state index is -3.46. The van der Waals surface area contributed by atoms with Crippen molar-refractivity contribution in [2.45, 2.75) is 57.6 Å². The molecule has 1 aliphatic rings. The Bertz CT molecular complexity index is 591. The zero-order valence-electron chi connectivity index (χ0n) is 12.4. The lowest BCUT2D eigenvalue weighted by atomic mass is 10.1. The summed E-state index contributed by atoms with van der Waals surface area (Å²) in [6, 6.07) is 3.62. The number of aliphatic hydroxyl groups is 1. The molecule has 1 fully saturated rings. The SMILES string of the molecule is CCCN(C1CC1)S(=O)(=O)c1cc(CO)cc(C)c1C. The summed E-state index contributed by atoms with van der Waals surface area (Å²) in [5, 5.41) is 9.30. The summed E-state index contributed by atoms with van der Waals surface area (Å²) in [6.07, 6.45) is 2.72. The highest BCUT2D eigenvalue weighted by atomic mass is 32.2. The molecular weight excluding hydrogens is 274 g/mol. The second kappa shape index (κ2) is 5.84. The molecule has 0 bridgehead atoms. The van der Waals surface area contributed by atoms with E-state index in [9.17, 15) is 13.5 Å². The summed E-state index contributed by atoms with van der Waals surface area (Å²) >= 11 is 0. The molecule has 1 saturated carbocycles. The molecule has 0 heterocycles. The summed E-state index contributed by atoms with van der Waals surface area (Å²) in [6.45, 7) is 6.14. The van der Waals surface area contributed by atoms with Crippen LogP contribution in [-0.2, 0) is 16.6 Å². The number of hydrogen-bond donors (Lipinski definition) is 1. The maximum Gasteiger partial charge on any atom is 0.243 e. The molecule has 1 N–H and O–H groups in total. The van der Waals surface area contributed by atoms with Crippen LogP contribution in [0.4, 0.5) is 0 Å². The highest BCUT2D eigenvalue weighted by Gasteiger charge is 2.38. The van der Waals surface area contributed by atoms with E-state index in [1.165, 1.54) is 0 Å². The van der Waals surface area contributed by atoms with Gasteiger partial charge in [0.25, 0.3) is 0 Å². The highest BCUT2D eigenvalue weighted by molar-refractivity contribution is 7.89.